The number of nitriles is 1. The molecular weight excluding hydrogens is 428 g/mol. The van der Waals surface area contributed by atoms with E-state index in [0.717, 1.165) is 5.56 Å². The van der Waals surface area contributed by atoms with Crippen LogP contribution in [-0.4, -0.2) is 15.2 Å². The summed E-state index contributed by atoms with van der Waals surface area (Å²) < 4.78 is 43.9. The highest BCUT2D eigenvalue weighted by molar-refractivity contribution is 7.89. The van der Waals surface area contributed by atoms with Crippen LogP contribution in [-0.2, 0) is 16.6 Å². The summed E-state index contributed by atoms with van der Waals surface area (Å²) in [7, 11) is -3.73. The molecule has 3 aromatic carbocycles. The van der Waals surface area contributed by atoms with E-state index in [-0.39, 0.29) is 28.8 Å². The Kier molecular flexibility index (Phi) is 5.50. The van der Waals surface area contributed by atoms with Crippen LogP contribution in [0, 0.1) is 11.3 Å². The van der Waals surface area contributed by atoms with Crippen molar-refractivity contribution in [1.29, 1.82) is 5.26 Å². The minimum atomic E-state index is -3.73. The second-order valence-electron chi connectivity index (χ2n) is 6.31. The maximum Gasteiger partial charge on any atom is 0.240 e. The summed E-state index contributed by atoms with van der Waals surface area (Å²) in [6, 6.07) is 18.0. The molecule has 1 N–H and O–H groups in total. The van der Waals surface area contributed by atoms with E-state index in [1.807, 2.05) is 6.07 Å². The Morgan fingerprint density at radius 2 is 1.83 bits per heavy atom. The molecule has 9 heteroatoms. The molecule has 0 unspecified atom stereocenters. The van der Waals surface area contributed by atoms with Gasteiger partial charge in [0.25, 0.3) is 0 Å². The molecule has 7 nitrogen and oxygen atoms in total. The van der Waals surface area contributed by atoms with Gasteiger partial charge in [0.1, 0.15) is 23.1 Å². The van der Waals surface area contributed by atoms with Gasteiger partial charge in [-0.1, -0.05) is 23.7 Å². The highest BCUT2D eigenvalue weighted by atomic mass is 35.5. The lowest BCUT2D eigenvalue weighted by atomic mass is 10.2. The SMILES string of the molecule is N#Cc1c(Cl)cccc1Oc1ccc(S(=O)(=O)NCc2ccc3c(c2)OCO3)cc1. The summed E-state index contributed by atoms with van der Waals surface area (Å²) in [5.74, 6) is 1.90. The first-order valence-corrected chi connectivity index (χ1v) is 10.7. The molecular formula is C21H15ClN2O5S. The van der Waals surface area contributed by atoms with Crippen molar-refractivity contribution < 1.29 is 22.6 Å². The fourth-order valence-electron chi connectivity index (χ4n) is 2.82. The molecule has 0 aliphatic carbocycles. The van der Waals surface area contributed by atoms with Gasteiger partial charge in [0.05, 0.1) is 9.92 Å². The van der Waals surface area contributed by atoms with Gasteiger partial charge in [-0.25, -0.2) is 13.1 Å². The van der Waals surface area contributed by atoms with Gasteiger partial charge in [-0.05, 0) is 54.1 Å². The lowest BCUT2D eigenvalue weighted by Crippen LogP contribution is -2.23. The smallest absolute Gasteiger partial charge is 0.240 e. The molecule has 0 spiro atoms. The number of fused-ring (bicyclic) bond motifs is 1. The molecule has 30 heavy (non-hydrogen) atoms. The summed E-state index contributed by atoms with van der Waals surface area (Å²) in [6.45, 7) is 0.259. The summed E-state index contributed by atoms with van der Waals surface area (Å²) in [5.41, 5.74) is 0.953. The van der Waals surface area contributed by atoms with Crippen LogP contribution in [0.2, 0.25) is 5.02 Å². The number of hydrogen-bond acceptors (Lipinski definition) is 6. The molecule has 0 radical (unpaired) electrons. The molecule has 3 aromatic rings. The Morgan fingerprint density at radius 3 is 2.60 bits per heavy atom. The van der Waals surface area contributed by atoms with Crippen LogP contribution in [0.15, 0.2) is 65.6 Å². The summed E-state index contributed by atoms with van der Waals surface area (Å²) in [6.07, 6.45) is 0. The number of rotatable bonds is 6. The Balaban J connectivity index is 1.45. The molecule has 1 aliphatic rings. The summed E-state index contributed by atoms with van der Waals surface area (Å²) in [4.78, 5) is 0.0854. The Morgan fingerprint density at radius 1 is 1.07 bits per heavy atom. The number of halogens is 1. The van der Waals surface area contributed by atoms with E-state index in [4.69, 9.17) is 25.8 Å². The Bertz CT molecular complexity index is 1240. The normalized spacial score (nSPS) is 12.4. The van der Waals surface area contributed by atoms with Crippen LogP contribution in [0.5, 0.6) is 23.0 Å². The topological polar surface area (TPSA) is 97.7 Å². The van der Waals surface area contributed by atoms with E-state index >= 15 is 0 Å². The van der Waals surface area contributed by atoms with Crippen LogP contribution >= 0.6 is 11.6 Å². The first kappa shape index (κ1) is 20.0. The van der Waals surface area contributed by atoms with E-state index in [2.05, 4.69) is 4.72 Å². The monoisotopic (exact) mass is 442 g/mol. The average Bonchev–Trinajstić information content (AvgIpc) is 3.21. The number of sulfonamides is 1. The second-order valence-corrected chi connectivity index (χ2v) is 8.48. The number of nitrogens with one attached hydrogen (secondary N) is 1. The second kappa shape index (κ2) is 8.24. The maximum absolute atomic E-state index is 12.6. The average molecular weight is 443 g/mol. The fraction of sp³-hybridized carbons (Fsp3) is 0.0952. The fourth-order valence-corrected chi connectivity index (χ4v) is 4.05. The Labute approximate surface area is 178 Å². The van der Waals surface area contributed by atoms with Crippen LogP contribution in [0.25, 0.3) is 0 Å². The van der Waals surface area contributed by atoms with Crippen molar-refractivity contribution in [2.75, 3.05) is 6.79 Å². The third-order valence-electron chi connectivity index (χ3n) is 4.35. The zero-order valence-corrected chi connectivity index (χ0v) is 17.0. The molecule has 0 atom stereocenters. The molecule has 0 bridgehead atoms. The van der Waals surface area contributed by atoms with Crippen molar-refractivity contribution >= 4 is 21.6 Å². The van der Waals surface area contributed by atoms with Crippen molar-refractivity contribution in [3.63, 3.8) is 0 Å². The lowest BCUT2D eigenvalue weighted by molar-refractivity contribution is 0.174. The Hall–Kier alpha value is -3.25. The minimum Gasteiger partial charge on any atom is -0.456 e. The number of hydrogen-bond donors (Lipinski definition) is 1. The standard InChI is InChI=1S/C21H15ClN2O5S/c22-18-2-1-3-19(17(18)11-23)29-15-5-7-16(8-6-15)30(25,26)24-12-14-4-9-20-21(10-14)28-13-27-20/h1-10,24H,12-13H2. The third kappa shape index (κ3) is 4.19. The van der Waals surface area contributed by atoms with Crippen molar-refractivity contribution in [2.45, 2.75) is 11.4 Å². The van der Waals surface area contributed by atoms with Gasteiger partial charge in [-0.15, -0.1) is 0 Å². The quantitative estimate of drug-likeness (QED) is 0.614. The van der Waals surface area contributed by atoms with Crippen LogP contribution in [0.3, 0.4) is 0 Å². The van der Waals surface area contributed by atoms with Gasteiger partial charge < -0.3 is 14.2 Å². The number of ether oxygens (including phenoxy) is 3. The molecule has 0 saturated heterocycles. The lowest BCUT2D eigenvalue weighted by Gasteiger charge is -2.10. The van der Waals surface area contributed by atoms with Crippen LogP contribution in [0.1, 0.15) is 11.1 Å². The van der Waals surface area contributed by atoms with Crippen LogP contribution in [0.4, 0.5) is 0 Å². The molecule has 1 aliphatic heterocycles. The van der Waals surface area contributed by atoms with Crippen molar-refractivity contribution in [3.8, 4) is 29.1 Å². The first-order chi connectivity index (χ1) is 14.5. The van der Waals surface area contributed by atoms with Gasteiger partial charge in [0, 0.05) is 6.54 Å². The first-order valence-electron chi connectivity index (χ1n) is 8.81. The predicted octanol–water partition coefficient (Wildman–Crippen LogP) is 4.21. The van der Waals surface area contributed by atoms with Gasteiger partial charge in [-0.2, -0.15) is 5.26 Å². The molecule has 0 saturated carbocycles. The zero-order valence-electron chi connectivity index (χ0n) is 15.5. The predicted molar refractivity (Wildman–Crippen MR) is 109 cm³/mol. The largest absolute Gasteiger partial charge is 0.456 e. The zero-order chi connectivity index (χ0) is 21.1. The van der Waals surface area contributed by atoms with Gasteiger partial charge in [-0.3, -0.25) is 0 Å². The van der Waals surface area contributed by atoms with E-state index in [1.54, 1.807) is 36.4 Å². The van der Waals surface area contributed by atoms with Gasteiger partial charge in [0.2, 0.25) is 16.8 Å². The molecule has 0 fully saturated rings. The van der Waals surface area contributed by atoms with E-state index < -0.39 is 10.0 Å². The van der Waals surface area contributed by atoms with E-state index in [1.165, 1.54) is 24.3 Å². The molecule has 0 aromatic heterocycles. The molecule has 4 rings (SSSR count). The van der Waals surface area contributed by atoms with E-state index in [0.29, 0.717) is 23.0 Å². The van der Waals surface area contributed by atoms with Crippen molar-refractivity contribution in [1.82, 2.24) is 4.72 Å². The highest BCUT2D eigenvalue weighted by Gasteiger charge is 2.17. The molecule has 0 amide bonds. The molecule has 152 valence electrons. The van der Waals surface area contributed by atoms with Gasteiger partial charge >= 0.3 is 0 Å². The van der Waals surface area contributed by atoms with E-state index in [9.17, 15) is 13.7 Å². The summed E-state index contributed by atoms with van der Waals surface area (Å²) in [5, 5.41) is 9.50. The van der Waals surface area contributed by atoms with Crippen molar-refractivity contribution in [3.05, 3.63) is 76.8 Å². The molecule has 1 heterocycles. The maximum atomic E-state index is 12.6. The number of benzene rings is 3. The highest BCUT2D eigenvalue weighted by Crippen LogP contribution is 2.33. The minimum absolute atomic E-state index is 0.0854. The van der Waals surface area contributed by atoms with Crippen LogP contribution < -0.4 is 18.9 Å². The van der Waals surface area contributed by atoms with Gasteiger partial charge in [0.15, 0.2) is 11.5 Å². The van der Waals surface area contributed by atoms with Crippen molar-refractivity contribution in [2.24, 2.45) is 0 Å². The third-order valence-corrected chi connectivity index (χ3v) is 6.08. The number of nitrogens with zero attached hydrogens (tertiary/aromatic N) is 1. The summed E-state index contributed by atoms with van der Waals surface area (Å²) >= 11 is 5.99.